The number of hydrogen-bond donors (Lipinski definition) is 2. The Morgan fingerprint density at radius 2 is 1.97 bits per heavy atom. The van der Waals surface area contributed by atoms with Crippen molar-refractivity contribution in [1.82, 2.24) is 14.2 Å². The Morgan fingerprint density at radius 1 is 1.28 bits per heavy atom. The first-order valence-electron chi connectivity index (χ1n) is 8.80. The highest BCUT2D eigenvalue weighted by molar-refractivity contribution is 7.99. The minimum Gasteiger partial charge on any atom is -0.368 e. The van der Waals surface area contributed by atoms with Gasteiger partial charge in [-0.15, -0.1) is 0 Å². The maximum absolute atomic E-state index is 13.6. The lowest BCUT2D eigenvalue weighted by atomic mass is 10.0. The fraction of sp³-hybridized carbons (Fsp3) is 0.333. The second kappa shape index (κ2) is 8.56. The third-order valence-corrected chi connectivity index (χ3v) is 7.46. The summed E-state index contributed by atoms with van der Waals surface area (Å²) < 4.78 is 40.4. The van der Waals surface area contributed by atoms with Crippen molar-refractivity contribution in [2.45, 2.75) is 10.9 Å². The first kappa shape index (κ1) is 21.3. The van der Waals surface area contributed by atoms with Crippen molar-refractivity contribution in [3.05, 3.63) is 53.6 Å². The number of rotatable bonds is 6. The minimum absolute atomic E-state index is 0.0138. The number of halogens is 1. The van der Waals surface area contributed by atoms with E-state index in [0.717, 1.165) is 11.0 Å². The number of aromatic nitrogens is 1. The predicted molar refractivity (Wildman–Crippen MR) is 107 cm³/mol. The van der Waals surface area contributed by atoms with Gasteiger partial charge in [0.15, 0.2) is 0 Å². The average molecular weight is 441 g/mol. The molecule has 11 heteroatoms. The van der Waals surface area contributed by atoms with E-state index in [-0.39, 0.29) is 16.2 Å². The highest BCUT2D eigenvalue weighted by Crippen LogP contribution is 2.24. The van der Waals surface area contributed by atoms with Crippen LogP contribution in [-0.2, 0) is 14.8 Å². The molecule has 156 valence electrons. The van der Waals surface area contributed by atoms with E-state index < -0.39 is 33.7 Å². The van der Waals surface area contributed by atoms with Gasteiger partial charge in [0.05, 0.1) is 0 Å². The number of hydrogen-bond acceptors (Lipinski definition) is 5. The van der Waals surface area contributed by atoms with Crippen LogP contribution in [0, 0.1) is 5.82 Å². The SMILES string of the molecule is CN(C(=O)c1cc(S(=O)(=O)N2CCSCC2)c[nH]1)C(C(N)=O)c1cccc(F)c1. The molecule has 2 amide bonds. The van der Waals surface area contributed by atoms with Crippen LogP contribution in [0.3, 0.4) is 0 Å². The summed E-state index contributed by atoms with van der Waals surface area (Å²) in [5.74, 6) is -0.619. The van der Waals surface area contributed by atoms with Crippen LogP contribution in [0.15, 0.2) is 41.4 Å². The fourth-order valence-electron chi connectivity index (χ4n) is 3.15. The van der Waals surface area contributed by atoms with Crippen LogP contribution in [0.1, 0.15) is 22.1 Å². The van der Waals surface area contributed by atoms with Crippen molar-refractivity contribution in [3.63, 3.8) is 0 Å². The Bertz CT molecular complexity index is 1020. The molecule has 29 heavy (non-hydrogen) atoms. The Morgan fingerprint density at radius 3 is 2.59 bits per heavy atom. The predicted octanol–water partition coefficient (Wildman–Crippen LogP) is 1.19. The van der Waals surface area contributed by atoms with Gasteiger partial charge in [0.2, 0.25) is 15.9 Å². The lowest BCUT2D eigenvalue weighted by Crippen LogP contribution is -2.39. The highest BCUT2D eigenvalue weighted by Gasteiger charge is 2.31. The van der Waals surface area contributed by atoms with E-state index in [1.165, 1.54) is 41.8 Å². The Balaban J connectivity index is 1.85. The zero-order valence-electron chi connectivity index (χ0n) is 15.7. The van der Waals surface area contributed by atoms with E-state index in [4.69, 9.17) is 5.73 Å². The molecule has 1 aromatic carbocycles. The summed E-state index contributed by atoms with van der Waals surface area (Å²) >= 11 is 1.68. The van der Waals surface area contributed by atoms with Crippen LogP contribution in [0.5, 0.6) is 0 Å². The molecular formula is C18H21FN4O4S2. The number of nitrogens with two attached hydrogens (primary N) is 1. The zero-order chi connectivity index (χ0) is 21.2. The van der Waals surface area contributed by atoms with Crippen LogP contribution in [-0.4, -0.2) is 66.1 Å². The Hall–Kier alpha value is -2.37. The number of nitrogens with zero attached hydrogens (tertiary/aromatic N) is 2. The van der Waals surface area contributed by atoms with Gasteiger partial charge >= 0.3 is 0 Å². The minimum atomic E-state index is -3.72. The summed E-state index contributed by atoms with van der Waals surface area (Å²) in [5, 5.41) is 0. The number of H-pyrrole nitrogens is 1. The third-order valence-electron chi connectivity index (χ3n) is 4.64. The molecule has 1 aliphatic rings. The summed E-state index contributed by atoms with van der Waals surface area (Å²) in [5.41, 5.74) is 5.64. The van der Waals surface area contributed by atoms with Crippen molar-refractivity contribution < 1.29 is 22.4 Å². The number of likely N-dealkylation sites (N-methyl/N-ethyl adjacent to an activating group) is 1. The number of thioether (sulfide) groups is 1. The Labute approximate surface area is 172 Å². The van der Waals surface area contributed by atoms with Gasteiger partial charge in [-0.3, -0.25) is 9.59 Å². The number of carbonyl (C=O) groups excluding carboxylic acids is 2. The van der Waals surface area contributed by atoms with E-state index in [1.807, 2.05) is 0 Å². The summed E-state index contributed by atoms with van der Waals surface area (Å²) in [6.45, 7) is 0.815. The number of sulfonamides is 1. The number of primary amides is 1. The van der Waals surface area contributed by atoms with Crippen LogP contribution in [0.2, 0.25) is 0 Å². The van der Waals surface area contributed by atoms with Crippen molar-refractivity contribution in [2.24, 2.45) is 5.73 Å². The fourth-order valence-corrected chi connectivity index (χ4v) is 5.72. The third kappa shape index (κ3) is 4.46. The van der Waals surface area contributed by atoms with Crippen molar-refractivity contribution in [2.75, 3.05) is 31.6 Å². The van der Waals surface area contributed by atoms with Gasteiger partial charge in [-0.2, -0.15) is 16.1 Å². The smallest absolute Gasteiger partial charge is 0.270 e. The highest BCUT2D eigenvalue weighted by atomic mass is 32.2. The van der Waals surface area contributed by atoms with Crippen molar-refractivity contribution >= 4 is 33.6 Å². The molecule has 3 N–H and O–H groups in total. The maximum atomic E-state index is 13.6. The molecule has 2 aromatic rings. The molecule has 0 bridgehead atoms. The lowest BCUT2D eigenvalue weighted by Gasteiger charge is -2.26. The van der Waals surface area contributed by atoms with E-state index in [0.29, 0.717) is 24.6 Å². The van der Waals surface area contributed by atoms with E-state index in [9.17, 15) is 22.4 Å². The summed E-state index contributed by atoms with van der Waals surface area (Å²) in [4.78, 5) is 28.5. The van der Waals surface area contributed by atoms with E-state index in [1.54, 1.807) is 11.8 Å². The first-order valence-corrected chi connectivity index (χ1v) is 11.4. The average Bonchev–Trinajstić information content (AvgIpc) is 3.19. The topological polar surface area (TPSA) is 117 Å². The molecule has 3 rings (SSSR count). The van der Waals surface area contributed by atoms with Crippen molar-refractivity contribution in [1.29, 1.82) is 0 Å². The summed E-state index contributed by atoms with van der Waals surface area (Å²) in [6, 6.07) is 5.26. The van der Waals surface area contributed by atoms with Crippen LogP contribution >= 0.6 is 11.8 Å². The summed E-state index contributed by atoms with van der Waals surface area (Å²) in [7, 11) is -2.37. The quantitative estimate of drug-likeness (QED) is 0.700. The molecule has 0 spiro atoms. The molecule has 0 aliphatic carbocycles. The second-order valence-electron chi connectivity index (χ2n) is 6.54. The summed E-state index contributed by atoms with van der Waals surface area (Å²) in [6.07, 6.45) is 1.25. The van der Waals surface area contributed by atoms with E-state index >= 15 is 0 Å². The van der Waals surface area contributed by atoms with Gasteiger partial charge in [-0.25, -0.2) is 12.8 Å². The number of carbonyl (C=O) groups is 2. The van der Waals surface area contributed by atoms with Gasteiger partial charge in [-0.05, 0) is 23.8 Å². The number of aromatic amines is 1. The molecule has 0 radical (unpaired) electrons. The standard InChI is InChI=1S/C18H21FN4O4S2/c1-22(16(17(20)24)12-3-2-4-13(19)9-12)18(25)15-10-14(11-21-15)29(26,27)23-5-7-28-8-6-23/h2-4,9-11,16,21H,5-8H2,1H3,(H2,20,24). The van der Waals surface area contributed by atoms with Crippen LogP contribution < -0.4 is 5.73 Å². The number of amides is 2. The second-order valence-corrected chi connectivity index (χ2v) is 9.70. The number of nitrogens with one attached hydrogen (secondary N) is 1. The van der Waals surface area contributed by atoms with Gasteiger partial charge in [0.25, 0.3) is 5.91 Å². The molecule has 2 heterocycles. The normalized spacial score (nSPS) is 16.3. The zero-order valence-corrected chi connectivity index (χ0v) is 17.3. The molecule has 1 aliphatic heterocycles. The van der Waals surface area contributed by atoms with Gasteiger partial charge < -0.3 is 15.6 Å². The monoisotopic (exact) mass is 440 g/mol. The lowest BCUT2D eigenvalue weighted by molar-refractivity contribution is -0.122. The van der Waals surface area contributed by atoms with Gasteiger partial charge in [0.1, 0.15) is 22.4 Å². The molecule has 0 saturated carbocycles. The van der Waals surface area contributed by atoms with Crippen LogP contribution in [0.25, 0.3) is 0 Å². The molecule has 8 nitrogen and oxygen atoms in total. The van der Waals surface area contributed by atoms with Crippen molar-refractivity contribution in [3.8, 4) is 0 Å². The molecular weight excluding hydrogens is 419 g/mol. The first-order chi connectivity index (χ1) is 13.7. The molecule has 1 fully saturated rings. The molecule has 1 saturated heterocycles. The number of benzene rings is 1. The Kier molecular flexibility index (Phi) is 6.30. The molecule has 1 unspecified atom stereocenters. The van der Waals surface area contributed by atoms with Gasteiger partial charge in [0, 0.05) is 37.8 Å². The maximum Gasteiger partial charge on any atom is 0.270 e. The molecule has 1 atom stereocenters. The van der Waals surface area contributed by atoms with Crippen LogP contribution in [0.4, 0.5) is 4.39 Å². The van der Waals surface area contributed by atoms with E-state index in [2.05, 4.69) is 4.98 Å². The molecule has 1 aromatic heterocycles. The van der Waals surface area contributed by atoms with Gasteiger partial charge in [-0.1, -0.05) is 12.1 Å². The largest absolute Gasteiger partial charge is 0.368 e.